The molecule has 1 aliphatic heterocycles. The molecule has 0 aliphatic carbocycles. The van der Waals surface area contributed by atoms with Gasteiger partial charge in [-0.3, -0.25) is 4.98 Å². The first-order valence-electron chi connectivity index (χ1n) is 8.05. The van der Waals surface area contributed by atoms with E-state index in [1.54, 1.807) is 11.3 Å². The third kappa shape index (κ3) is 3.20. The van der Waals surface area contributed by atoms with Gasteiger partial charge in [0.1, 0.15) is 35.0 Å². The van der Waals surface area contributed by atoms with Gasteiger partial charge in [-0.15, -0.1) is 11.3 Å². The van der Waals surface area contributed by atoms with E-state index in [0.29, 0.717) is 22.2 Å². The third-order valence-corrected chi connectivity index (χ3v) is 6.15. The lowest BCUT2D eigenvalue weighted by atomic mass is 10.1. The highest BCUT2D eigenvalue weighted by atomic mass is 32.2. The molecule has 1 N–H and O–H groups in total. The first-order chi connectivity index (χ1) is 12.3. The summed E-state index contributed by atoms with van der Waals surface area (Å²) in [6.45, 7) is 1.78. The van der Waals surface area contributed by atoms with E-state index in [1.165, 1.54) is 12.7 Å². The maximum Gasteiger partial charge on any atom is 0.322 e. The zero-order chi connectivity index (χ0) is 17.2. The number of piperidine rings is 1. The predicted octanol–water partition coefficient (Wildman–Crippen LogP) is 2.58. The summed E-state index contributed by atoms with van der Waals surface area (Å²) in [5, 5.41) is 13.9. The molecule has 3 aromatic heterocycles. The van der Waals surface area contributed by atoms with Crippen LogP contribution in [0.1, 0.15) is 30.5 Å². The Morgan fingerprint density at radius 1 is 1.28 bits per heavy atom. The van der Waals surface area contributed by atoms with Gasteiger partial charge in [-0.05, 0) is 19.3 Å². The molecular weight excluding hydrogens is 356 g/mol. The fourth-order valence-electron chi connectivity index (χ4n) is 3.00. The molecule has 0 bridgehead atoms. The number of fused-ring (bicyclic) bond motifs is 1. The first-order valence-corrected chi connectivity index (χ1v) is 10.3. The second-order valence-electron chi connectivity index (χ2n) is 5.88. The van der Waals surface area contributed by atoms with Crippen LogP contribution in [-0.2, 0) is 16.9 Å². The molecule has 9 heteroatoms. The number of H-pyrrole nitrogens is 1. The standard InChI is InChI=1S/C16H16N6OS2/c17-6-11-14(18-10-19-15(11)22-4-2-1-3-5-22)9-25(23)16-20-12-7-24-8-13(12)21-16/h7-8,10H,1-5,9H2,(H,20,21). The highest BCUT2D eigenvalue weighted by Crippen LogP contribution is 2.26. The van der Waals surface area contributed by atoms with Crippen LogP contribution in [0.5, 0.6) is 0 Å². The SMILES string of the molecule is N#Cc1c(C[S+]([O-])c2nc3cscc3[nH]2)ncnc1N1CCCCC1. The van der Waals surface area contributed by atoms with Gasteiger partial charge in [0, 0.05) is 35.0 Å². The van der Waals surface area contributed by atoms with Crippen LogP contribution in [0.3, 0.4) is 0 Å². The quantitative estimate of drug-likeness (QED) is 0.706. The second kappa shape index (κ2) is 7.00. The summed E-state index contributed by atoms with van der Waals surface area (Å²) in [5.41, 5.74) is 2.62. The van der Waals surface area contributed by atoms with Gasteiger partial charge in [0.2, 0.25) is 0 Å². The molecule has 1 aliphatic rings. The second-order valence-corrected chi connectivity index (χ2v) is 7.99. The van der Waals surface area contributed by atoms with E-state index >= 15 is 0 Å². The molecule has 0 spiro atoms. The molecule has 4 rings (SSSR count). The van der Waals surface area contributed by atoms with Crippen molar-refractivity contribution in [1.29, 1.82) is 5.26 Å². The van der Waals surface area contributed by atoms with E-state index in [1.807, 2.05) is 10.8 Å². The Labute approximate surface area is 151 Å². The largest absolute Gasteiger partial charge is 0.609 e. The molecule has 1 saturated heterocycles. The molecule has 0 saturated carbocycles. The van der Waals surface area contributed by atoms with Gasteiger partial charge in [-0.1, -0.05) is 0 Å². The summed E-state index contributed by atoms with van der Waals surface area (Å²) in [5.74, 6) is 0.801. The number of nitrogens with zero attached hydrogens (tertiary/aromatic N) is 5. The minimum Gasteiger partial charge on any atom is -0.609 e. The minimum atomic E-state index is -1.39. The molecule has 7 nitrogen and oxygen atoms in total. The van der Waals surface area contributed by atoms with Crippen molar-refractivity contribution in [2.75, 3.05) is 18.0 Å². The highest BCUT2D eigenvalue weighted by molar-refractivity contribution is 7.90. The molecule has 1 fully saturated rings. The lowest BCUT2D eigenvalue weighted by Gasteiger charge is -2.28. The van der Waals surface area contributed by atoms with E-state index in [0.717, 1.165) is 37.0 Å². The number of hydrogen-bond acceptors (Lipinski definition) is 7. The number of imidazole rings is 1. The molecule has 0 amide bonds. The normalized spacial score (nSPS) is 16.1. The molecule has 1 atom stereocenters. The van der Waals surface area contributed by atoms with Gasteiger partial charge >= 0.3 is 5.16 Å². The number of hydrogen-bond donors (Lipinski definition) is 1. The molecule has 128 valence electrons. The molecule has 25 heavy (non-hydrogen) atoms. The molecule has 1 unspecified atom stereocenters. The summed E-state index contributed by atoms with van der Waals surface area (Å²) in [7, 11) is 0. The zero-order valence-electron chi connectivity index (χ0n) is 13.4. The maximum atomic E-state index is 12.7. The minimum absolute atomic E-state index is 0.145. The van der Waals surface area contributed by atoms with Crippen LogP contribution in [0.2, 0.25) is 0 Å². The zero-order valence-corrected chi connectivity index (χ0v) is 15.1. The van der Waals surface area contributed by atoms with Gasteiger partial charge in [-0.2, -0.15) is 10.2 Å². The van der Waals surface area contributed by atoms with Crippen LogP contribution in [0.15, 0.2) is 22.2 Å². The third-order valence-electron chi connectivity index (χ3n) is 4.26. The van der Waals surface area contributed by atoms with E-state index in [9.17, 15) is 9.81 Å². The summed E-state index contributed by atoms with van der Waals surface area (Å²) in [6, 6.07) is 2.21. The number of aromatic nitrogens is 4. The van der Waals surface area contributed by atoms with Crippen LogP contribution in [0, 0.1) is 11.3 Å². The van der Waals surface area contributed by atoms with E-state index in [4.69, 9.17) is 0 Å². The van der Waals surface area contributed by atoms with Crippen molar-refractivity contribution in [2.24, 2.45) is 0 Å². The lowest BCUT2D eigenvalue weighted by molar-refractivity contribution is 0.572. The Hall–Kier alpha value is -2.15. The van der Waals surface area contributed by atoms with Gasteiger partial charge in [0.05, 0.1) is 5.52 Å². The van der Waals surface area contributed by atoms with E-state index in [-0.39, 0.29) is 5.75 Å². The van der Waals surface area contributed by atoms with Crippen LogP contribution >= 0.6 is 11.3 Å². The van der Waals surface area contributed by atoms with Crippen molar-refractivity contribution in [3.05, 3.63) is 28.3 Å². The molecule has 3 aromatic rings. The summed E-state index contributed by atoms with van der Waals surface area (Å²) in [6.07, 6.45) is 4.85. The fourth-order valence-corrected chi connectivity index (χ4v) is 4.72. The number of thiophene rings is 1. The van der Waals surface area contributed by atoms with Crippen LogP contribution < -0.4 is 4.90 Å². The average molecular weight is 372 g/mol. The number of aromatic amines is 1. The topological polar surface area (TPSA) is 105 Å². The van der Waals surface area contributed by atoms with Gasteiger partial charge < -0.3 is 9.45 Å². The molecule has 4 heterocycles. The molecule has 0 radical (unpaired) electrons. The van der Waals surface area contributed by atoms with Crippen molar-refractivity contribution in [1.82, 2.24) is 19.9 Å². The summed E-state index contributed by atoms with van der Waals surface area (Å²) >= 11 is 0.153. The first kappa shape index (κ1) is 16.3. The van der Waals surface area contributed by atoms with Crippen LogP contribution in [0.25, 0.3) is 11.0 Å². The number of nitriles is 1. The van der Waals surface area contributed by atoms with Gasteiger partial charge in [-0.25, -0.2) is 9.97 Å². The van der Waals surface area contributed by atoms with Crippen LogP contribution in [-0.4, -0.2) is 37.6 Å². The summed E-state index contributed by atoms with van der Waals surface area (Å²) < 4.78 is 12.7. The monoisotopic (exact) mass is 372 g/mol. The maximum absolute atomic E-state index is 12.7. The number of rotatable bonds is 4. The number of anilines is 1. The predicted molar refractivity (Wildman–Crippen MR) is 96.9 cm³/mol. The van der Waals surface area contributed by atoms with Crippen molar-refractivity contribution >= 4 is 39.4 Å². The lowest BCUT2D eigenvalue weighted by Crippen LogP contribution is -2.31. The van der Waals surface area contributed by atoms with Gasteiger partial charge in [0.15, 0.2) is 5.75 Å². The highest BCUT2D eigenvalue weighted by Gasteiger charge is 2.24. The Kier molecular flexibility index (Phi) is 4.57. The Bertz CT molecular complexity index is 896. The summed E-state index contributed by atoms with van der Waals surface area (Å²) in [4.78, 5) is 18.1. The van der Waals surface area contributed by atoms with Crippen molar-refractivity contribution < 1.29 is 4.55 Å². The molecular formula is C16H16N6OS2. The Morgan fingerprint density at radius 3 is 2.88 bits per heavy atom. The van der Waals surface area contributed by atoms with Gasteiger partial charge in [0.25, 0.3) is 0 Å². The van der Waals surface area contributed by atoms with Crippen molar-refractivity contribution in [3.8, 4) is 6.07 Å². The molecule has 0 aromatic carbocycles. The van der Waals surface area contributed by atoms with Crippen molar-refractivity contribution in [2.45, 2.75) is 30.2 Å². The number of nitrogens with one attached hydrogen (secondary N) is 1. The smallest absolute Gasteiger partial charge is 0.322 e. The van der Waals surface area contributed by atoms with E-state index < -0.39 is 11.2 Å². The fraction of sp³-hybridized carbons (Fsp3) is 0.375. The van der Waals surface area contributed by atoms with Crippen LogP contribution in [0.4, 0.5) is 5.82 Å². The van der Waals surface area contributed by atoms with E-state index in [2.05, 4.69) is 30.9 Å². The average Bonchev–Trinajstić information content (AvgIpc) is 3.24. The Morgan fingerprint density at radius 2 is 2.12 bits per heavy atom. The van der Waals surface area contributed by atoms with Crippen molar-refractivity contribution in [3.63, 3.8) is 0 Å². The Balaban J connectivity index is 1.61.